The Balaban J connectivity index is 1.88. The van der Waals surface area contributed by atoms with E-state index in [2.05, 4.69) is 16.6 Å². The van der Waals surface area contributed by atoms with Gasteiger partial charge in [0.05, 0.1) is 12.3 Å². The fourth-order valence-corrected chi connectivity index (χ4v) is 4.72. The molecule has 0 spiro atoms. The topological polar surface area (TPSA) is 141 Å². The zero-order chi connectivity index (χ0) is 24.7. The van der Waals surface area contributed by atoms with E-state index in [1.54, 1.807) is 31.2 Å². The van der Waals surface area contributed by atoms with Crippen molar-refractivity contribution in [2.24, 2.45) is 5.73 Å². The summed E-state index contributed by atoms with van der Waals surface area (Å²) in [5, 5.41) is 3.08. The number of ether oxygens (including phenoxy) is 1. The van der Waals surface area contributed by atoms with Crippen molar-refractivity contribution in [1.82, 2.24) is 9.69 Å². The summed E-state index contributed by atoms with van der Waals surface area (Å²) >= 11 is 0.794. The van der Waals surface area contributed by atoms with Gasteiger partial charge in [-0.05, 0) is 62.0 Å². The molecule has 34 heavy (non-hydrogen) atoms. The molecule has 1 saturated carbocycles. The van der Waals surface area contributed by atoms with E-state index in [4.69, 9.17) is 16.2 Å². The van der Waals surface area contributed by atoms with Crippen molar-refractivity contribution >= 4 is 40.6 Å². The fourth-order valence-electron chi connectivity index (χ4n) is 3.98. The highest BCUT2D eigenvalue weighted by Gasteiger charge is 2.33. The van der Waals surface area contributed by atoms with Crippen molar-refractivity contribution in [1.29, 1.82) is 0 Å². The van der Waals surface area contributed by atoms with Gasteiger partial charge in [-0.3, -0.25) is 19.3 Å². The number of benzene rings is 1. The molecule has 1 aliphatic rings. The molecule has 1 atom stereocenters. The smallest absolute Gasteiger partial charge is 0.272 e. The molecule has 3 rings (SSSR count). The average Bonchev–Trinajstić information content (AvgIpc) is 3.22. The molecule has 1 unspecified atom stereocenters. The summed E-state index contributed by atoms with van der Waals surface area (Å²) in [4.78, 5) is 39.8. The normalized spacial score (nSPS) is 14.9. The van der Waals surface area contributed by atoms with Crippen molar-refractivity contribution < 1.29 is 19.1 Å². The van der Waals surface area contributed by atoms with E-state index >= 15 is 0 Å². The Morgan fingerprint density at radius 1 is 1.21 bits per heavy atom. The monoisotopic (exact) mass is 487 g/mol. The summed E-state index contributed by atoms with van der Waals surface area (Å²) in [5.41, 5.74) is 11.6. The molecule has 0 bridgehead atoms. The molecule has 0 saturated heterocycles. The summed E-state index contributed by atoms with van der Waals surface area (Å²) in [7, 11) is 0. The first-order valence-corrected chi connectivity index (χ1v) is 12.5. The number of nitrogens with one attached hydrogen (secondary N) is 1. The third-order valence-corrected chi connectivity index (χ3v) is 6.83. The Labute approximate surface area is 204 Å². The Hall–Kier alpha value is -3.14. The number of unbranched alkanes of at least 4 members (excludes halogenated alkanes) is 1. The summed E-state index contributed by atoms with van der Waals surface area (Å²) < 4.78 is 9.66. The summed E-state index contributed by atoms with van der Waals surface area (Å²) in [5.74, 6) is -0.900. The number of anilines is 2. The van der Waals surface area contributed by atoms with Crippen molar-refractivity contribution in [3.63, 3.8) is 0 Å². The van der Waals surface area contributed by atoms with Gasteiger partial charge in [0.15, 0.2) is 5.69 Å². The van der Waals surface area contributed by atoms with Gasteiger partial charge in [-0.15, -0.1) is 0 Å². The first-order valence-electron chi connectivity index (χ1n) is 11.7. The lowest BCUT2D eigenvalue weighted by Gasteiger charge is -2.31. The number of primary amides is 1. The van der Waals surface area contributed by atoms with Crippen LogP contribution < -0.4 is 26.4 Å². The first kappa shape index (κ1) is 25.5. The van der Waals surface area contributed by atoms with Crippen LogP contribution in [0.2, 0.25) is 0 Å². The van der Waals surface area contributed by atoms with Gasteiger partial charge < -0.3 is 21.5 Å². The molecule has 1 fully saturated rings. The third-order valence-electron chi connectivity index (χ3n) is 5.97. The van der Waals surface area contributed by atoms with Gasteiger partial charge in [-0.2, -0.15) is 4.37 Å². The first-order chi connectivity index (χ1) is 16.3. The molecular weight excluding hydrogens is 454 g/mol. The largest absolute Gasteiger partial charge is 0.494 e. The van der Waals surface area contributed by atoms with Crippen molar-refractivity contribution in [3.8, 4) is 5.75 Å². The van der Waals surface area contributed by atoms with Gasteiger partial charge in [0.1, 0.15) is 16.7 Å². The average molecular weight is 488 g/mol. The molecule has 5 N–H and O–H groups in total. The fraction of sp³-hybridized carbons (Fsp3) is 0.500. The van der Waals surface area contributed by atoms with Gasteiger partial charge in [0, 0.05) is 11.7 Å². The van der Waals surface area contributed by atoms with Gasteiger partial charge in [-0.1, -0.05) is 32.6 Å². The zero-order valence-electron chi connectivity index (χ0n) is 19.7. The number of rotatable bonds is 10. The van der Waals surface area contributed by atoms with Crippen LogP contribution in [0.4, 0.5) is 11.4 Å². The van der Waals surface area contributed by atoms with Crippen LogP contribution in [-0.4, -0.2) is 40.8 Å². The van der Waals surface area contributed by atoms with Crippen LogP contribution >= 0.6 is 11.5 Å². The van der Waals surface area contributed by atoms with Crippen LogP contribution in [0.15, 0.2) is 24.3 Å². The second-order valence-corrected chi connectivity index (χ2v) is 9.30. The molecule has 1 aliphatic carbocycles. The summed E-state index contributed by atoms with van der Waals surface area (Å²) in [6.45, 7) is 4.37. The van der Waals surface area contributed by atoms with E-state index in [0.717, 1.165) is 50.1 Å². The van der Waals surface area contributed by atoms with Crippen molar-refractivity contribution in [2.45, 2.75) is 70.9 Å². The highest BCUT2D eigenvalue weighted by molar-refractivity contribution is 7.09. The third kappa shape index (κ3) is 6.05. The van der Waals surface area contributed by atoms with Crippen LogP contribution in [-0.2, 0) is 4.79 Å². The summed E-state index contributed by atoms with van der Waals surface area (Å²) in [6, 6.07) is 6.28. The Morgan fingerprint density at radius 2 is 1.88 bits per heavy atom. The zero-order valence-corrected chi connectivity index (χ0v) is 20.5. The molecule has 1 aromatic heterocycles. The molecule has 1 aromatic carbocycles. The number of aromatic nitrogens is 1. The van der Waals surface area contributed by atoms with Gasteiger partial charge in [0.25, 0.3) is 11.8 Å². The van der Waals surface area contributed by atoms with E-state index in [1.807, 2.05) is 0 Å². The lowest BCUT2D eigenvalue weighted by Crippen LogP contribution is -2.51. The molecule has 2 aromatic rings. The quantitative estimate of drug-likeness (QED) is 0.438. The molecular formula is C24H33N5O4S. The van der Waals surface area contributed by atoms with Crippen LogP contribution in [0.3, 0.4) is 0 Å². The summed E-state index contributed by atoms with van der Waals surface area (Å²) in [6.07, 6.45) is 7.16. The minimum absolute atomic E-state index is 0.0642. The maximum absolute atomic E-state index is 13.6. The van der Waals surface area contributed by atoms with E-state index in [0.29, 0.717) is 18.0 Å². The Kier molecular flexibility index (Phi) is 8.86. The predicted octanol–water partition coefficient (Wildman–Crippen LogP) is 3.49. The molecule has 3 amide bonds. The molecule has 0 radical (unpaired) electrons. The van der Waals surface area contributed by atoms with Crippen LogP contribution in [0.1, 0.15) is 79.0 Å². The van der Waals surface area contributed by atoms with Crippen LogP contribution in [0, 0.1) is 0 Å². The number of nitrogens with two attached hydrogens (primary N) is 2. The number of amides is 3. The molecule has 9 nitrogen and oxygen atoms in total. The maximum Gasteiger partial charge on any atom is 0.272 e. The van der Waals surface area contributed by atoms with E-state index in [1.165, 1.54) is 11.3 Å². The van der Waals surface area contributed by atoms with Crippen molar-refractivity contribution in [3.05, 3.63) is 34.8 Å². The van der Waals surface area contributed by atoms with Crippen LogP contribution in [0.25, 0.3) is 0 Å². The predicted molar refractivity (Wildman–Crippen MR) is 133 cm³/mol. The van der Waals surface area contributed by atoms with Gasteiger partial charge >= 0.3 is 0 Å². The molecule has 0 aliphatic heterocycles. The second kappa shape index (κ2) is 11.8. The van der Waals surface area contributed by atoms with E-state index in [9.17, 15) is 14.4 Å². The number of carbonyl (C=O) groups is 3. The van der Waals surface area contributed by atoms with Crippen molar-refractivity contribution in [2.75, 3.05) is 17.2 Å². The van der Waals surface area contributed by atoms with E-state index in [-0.39, 0.29) is 28.2 Å². The maximum atomic E-state index is 13.6. The number of nitrogens with zero attached hydrogens (tertiary/aromatic N) is 2. The van der Waals surface area contributed by atoms with Gasteiger partial charge in [0.2, 0.25) is 5.91 Å². The SMILES string of the molecule is CCCCOc1ccc(N(C(=O)c2snc(C(N)=O)c2N)C(C)C(=O)NC2CCCCC2)cc1. The lowest BCUT2D eigenvalue weighted by molar-refractivity contribution is -0.122. The number of nitrogen functional groups attached to an aromatic ring is 1. The van der Waals surface area contributed by atoms with Gasteiger partial charge in [-0.25, -0.2) is 0 Å². The number of hydrogen-bond donors (Lipinski definition) is 3. The highest BCUT2D eigenvalue weighted by atomic mass is 32.1. The second-order valence-electron chi connectivity index (χ2n) is 8.53. The number of carbonyl (C=O) groups excluding carboxylic acids is 3. The molecule has 1 heterocycles. The molecule has 10 heteroatoms. The Bertz CT molecular complexity index is 1000. The highest BCUT2D eigenvalue weighted by Crippen LogP contribution is 2.29. The molecule has 184 valence electrons. The Morgan fingerprint density at radius 3 is 2.47 bits per heavy atom. The lowest BCUT2D eigenvalue weighted by atomic mass is 9.95. The minimum Gasteiger partial charge on any atom is -0.494 e. The minimum atomic E-state index is -0.820. The van der Waals surface area contributed by atoms with E-state index < -0.39 is 17.9 Å². The number of hydrogen-bond acceptors (Lipinski definition) is 7. The van der Waals surface area contributed by atoms with Crippen LogP contribution in [0.5, 0.6) is 5.75 Å². The standard InChI is InChI=1S/C24H33N5O4S/c1-3-4-14-33-18-12-10-17(11-13-18)29(15(2)23(31)27-16-8-6-5-7-9-16)24(32)21-19(25)20(22(26)30)28-34-21/h10-13,15-16H,3-9,14,25H2,1-2H3,(H2,26,30)(H,27,31).